The van der Waals surface area contributed by atoms with E-state index in [1.54, 1.807) is 0 Å². The summed E-state index contributed by atoms with van der Waals surface area (Å²) in [6.45, 7) is 4.20. The summed E-state index contributed by atoms with van der Waals surface area (Å²) in [7, 11) is 0. The minimum atomic E-state index is -0.0526. The average Bonchev–Trinajstić information content (AvgIpc) is 2.99. The zero-order valence-corrected chi connectivity index (χ0v) is 9.67. The average molecular weight is 213 g/mol. The van der Waals surface area contributed by atoms with E-state index in [1.807, 2.05) is 0 Å². The lowest BCUT2D eigenvalue weighted by Crippen LogP contribution is -2.46. The second-order valence-corrected chi connectivity index (χ2v) is 5.11. The monoisotopic (exact) mass is 213 g/mol. The molecule has 2 aliphatic rings. The molecule has 0 radical (unpaired) electrons. The normalized spacial score (nSPS) is 36.0. The largest absolute Gasteiger partial charge is 0.394 e. The third-order valence-corrected chi connectivity index (χ3v) is 3.68. The van der Waals surface area contributed by atoms with Crippen LogP contribution in [0.1, 0.15) is 39.0 Å². The van der Waals surface area contributed by atoms with Crippen molar-refractivity contribution in [1.29, 1.82) is 0 Å². The molecule has 0 saturated heterocycles. The number of hydrogen-bond donors (Lipinski definition) is 2. The van der Waals surface area contributed by atoms with E-state index in [0.29, 0.717) is 6.10 Å². The van der Waals surface area contributed by atoms with E-state index in [9.17, 15) is 5.11 Å². The van der Waals surface area contributed by atoms with E-state index < -0.39 is 0 Å². The summed E-state index contributed by atoms with van der Waals surface area (Å²) in [5.74, 6) is 0.841. The molecule has 2 atom stereocenters. The Morgan fingerprint density at radius 1 is 1.40 bits per heavy atom. The van der Waals surface area contributed by atoms with E-state index in [2.05, 4.69) is 12.2 Å². The molecule has 2 unspecified atom stereocenters. The van der Waals surface area contributed by atoms with Gasteiger partial charge in [0.2, 0.25) is 0 Å². The van der Waals surface area contributed by atoms with Crippen molar-refractivity contribution in [2.75, 3.05) is 19.8 Å². The highest BCUT2D eigenvalue weighted by Crippen LogP contribution is 2.34. The smallest absolute Gasteiger partial charge is 0.0614 e. The number of hydrogen-bond acceptors (Lipinski definition) is 3. The van der Waals surface area contributed by atoms with Gasteiger partial charge in [-0.15, -0.1) is 0 Å². The Morgan fingerprint density at radius 3 is 2.80 bits per heavy atom. The van der Waals surface area contributed by atoms with Gasteiger partial charge in [-0.1, -0.05) is 6.92 Å². The zero-order chi connectivity index (χ0) is 10.7. The Hall–Kier alpha value is -0.120. The topological polar surface area (TPSA) is 41.5 Å². The fourth-order valence-electron chi connectivity index (χ4n) is 2.51. The van der Waals surface area contributed by atoms with Gasteiger partial charge >= 0.3 is 0 Å². The van der Waals surface area contributed by atoms with Crippen LogP contribution in [-0.4, -0.2) is 36.5 Å². The summed E-state index contributed by atoms with van der Waals surface area (Å²) in [5.41, 5.74) is -0.0526. The van der Waals surface area contributed by atoms with Crippen molar-refractivity contribution in [3.8, 4) is 0 Å². The van der Waals surface area contributed by atoms with Gasteiger partial charge in [-0.05, 0) is 44.6 Å². The van der Waals surface area contributed by atoms with Crippen molar-refractivity contribution in [1.82, 2.24) is 5.32 Å². The van der Waals surface area contributed by atoms with Crippen LogP contribution < -0.4 is 5.32 Å². The molecular formula is C12H23NO2. The number of likely N-dealkylation sites (N-methyl/N-ethyl adjacent to an activating group) is 1. The Labute approximate surface area is 92.2 Å². The molecule has 2 fully saturated rings. The fraction of sp³-hybridized carbons (Fsp3) is 1.00. The summed E-state index contributed by atoms with van der Waals surface area (Å²) in [4.78, 5) is 0. The van der Waals surface area contributed by atoms with Gasteiger partial charge in [0, 0.05) is 12.1 Å². The van der Waals surface area contributed by atoms with Crippen molar-refractivity contribution in [3.63, 3.8) is 0 Å². The van der Waals surface area contributed by atoms with Crippen molar-refractivity contribution in [3.05, 3.63) is 0 Å². The highest BCUT2D eigenvalue weighted by molar-refractivity contribution is 4.96. The first kappa shape index (κ1) is 11.4. The van der Waals surface area contributed by atoms with Gasteiger partial charge in [-0.25, -0.2) is 0 Å². The van der Waals surface area contributed by atoms with E-state index in [4.69, 9.17) is 4.74 Å². The van der Waals surface area contributed by atoms with Crippen molar-refractivity contribution in [2.45, 2.75) is 50.7 Å². The Bertz CT molecular complexity index is 206. The quantitative estimate of drug-likeness (QED) is 0.699. The van der Waals surface area contributed by atoms with Crippen molar-refractivity contribution < 1.29 is 9.84 Å². The van der Waals surface area contributed by atoms with Gasteiger partial charge in [0.25, 0.3) is 0 Å². The molecule has 0 spiro atoms. The van der Waals surface area contributed by atoms with Crippen LogP contribution in [0.25, 0.3) is 0 Å². The molecule has 3 heteroatoms. The van der Waals surface area contributed by atoms with Crippen LogP contribution in [0.5, 0.6) is 0 Å². The van der Waals surface area contributed by atoms with Crippen LogP contribution in [0.3, 0.4) is 0 Å². The Kier molecular flexibility index (Phi) is 3.65. The number of aliphatic hydroxyl groups excluding tert-OH is 1. The molecule has 0 heterocycles. The molecule has 3 nitrogen and oxygen atoms in total. The van der Waals surface area contributed by atoms with E-state index in [0.717, 1.165) is 38.3 Å². The first-order valence-corrected chi connectivity index (χ1v) is 6.25. The minimum absolute atomic E-state index is 0.0526. The summed E-state index contributed by atoms with van der Waals surface area (Å²) in [5, 5.41) is 12.8. The zero-order valence-electron chi connectivity index (χ0n) is 9.67. The second kappa shape index (κ2) is 4.81. The first-order chi connectivity index (χ1) is 7.28. The number of nitrogens with one attached hydrogen (secondary N) is 1. The number of rotatable bonds is 6. The molecule has 0 bridgehead atoms. The fourth-order valence-corrected chi connectivity index (χ4v) is 2.51. The van der Waals surface area contributed by atoms with Gasteiger partial charge in [0.1, 0.15) is 0 Å². The van der Waals surface area contributed by atoms with Crippen LogP contribution in [0.2, 0.25) is 0 Å². The Morgan fingerprint density at radius 2 is 2.20 bits per heavy atom. The standard InChI is InChI=1S/C12H23NO2/c1-2-13-12(9-14)6-5-11(7-12)15-8-10-3-4-10/h10-11,13-14H,2-9H2,1H3. The van der Waals surface area contributed by atoms with Crippen LogP contribution in [0.4, 0.5) is 0 Å². The number of aliphatic hydroxyl groups is 1. The molecule has 0 aromatic carbocycles. The molecule has 15 heavy (non-hydrogen) atoms. The molecule has 2 aliphatic carbocycles. The minimum Gasteiger partial charge on any atom is -0.394 e. The lowest BCUT2D eigenvalue weighted by molar-refractivity contribution is 0.0404. The maximum Gasteiger partial charge on any atom is 0.0614 e. The van der Waals surface area contributed by atoms with Crippen molar-refractivity contribution in [2.24, 2.45) is 5.92 Å². The van der Waals surface area contributed by atoms with Crippen molar-refractivity contribution >= 4 is 0 Å². The molecule has 0 aromatic heterocycles. The number of ether oxygens (including phenoxy) is 1. The third-order valence-electron chi connectivity index (χ3n) is 3.68. The first-order valence-electron chi connectivity index (χ1n) is 6.25. The molecule has 2 rings (SSSR count). The predicted molar refractivity (Wildman–Crippen MR) is 59.8 cm³/mol. The predicted octanol–water partition coefficient (Wildman–Crippen LogP) is 1.31. The van der Waals surface area contributed by atoms with Crippen LogP contribution >= 0.6 is 0 Å². The van der Waals surface area contributed by atoms with Gasteiger partial charge in [0.05, 0.1) is 12.7 Å². The maximum atomic E-state index is 9.44. The van der Waals surface area contributed by atoms with Gasteiger partial charge in [-0.3, -0.25) is 0 Å². The molecular weight excluding hydrogens is 190 g/mol. The second-order valence-electron chi connectivity index (χ2n) is 5.11. The highest BCUT2D eigenvalue weighted by Gasteiger charge is 2.39. The van der Waals surface area contributed by atoms with Gasteiger partial charge in [0.15, 0.2) is 0 Å². The van der Waals surface area contributed by atoms with E-state index in [-0.39, 0.29) is 12.1 Å². The van der Waals surface area contributed by atoms with Gasteiger partial charge < -0.3 is 15.2 Å². The summed E-state index contributed by atoms with van der Waals surface area (Å²) in [6.07, 6.45) is 6.20. The lowest BCUT2D eigenvalue weighted by atomic mass is 9.99. The Balaban J connectivity index is 1.75. The SMILES string of the molecule is CCNC1(CO)CCC(OCC2CC2)C1. The third kappa shape index (κ3) is 2.92. The maximum absolute atomic E-state index is 9.44. The van der Waals surface area contributed by atoms with Gasteiger partial charge in [-0.2, -0.15) is 0 Å². The molecule has 2 N–H and O–H groups in total. The van der Waals surface area contributed by atoms with Crippen LogP contribution in [0.15, 0.2) is 0 Å². The summed E-state index contributed by atoms with van der Waals surface area (Å²) >= 11 is 0. The molecule has 88 valence electrons. The molecule has 2 saturated carbocycles. The summed E-state index contributed by atoms with van der Waals surface area (Å²) < 4.78 is 5.88. The van der Waals surface area contributed by atoms with E-state index in [1.165, 1.54) is 12.8 Å². The molecule has 0 aromatic rings. The van der Waals surface area contributed by atoms with Crippen LogP contribution in [0, 0.1) is 5.92 Å². The molecule has 0 amide bonds. The van der Waals surface area contributed by atoms with E-state index >= 15 is 0 Å². The van der Waals surface area contributed by atoms with Crippen LogP contribution in [-0.2, 0) is 4.74 Å². The molecule has 0 aliphatic heterocycles. The highest BCUT2D eigenvalue weighted by atomic mass is 16.5. The lowest BCUT2D eigenvalue weighted by Gasteiger charge is -2.27. The summed E-state index contributed by atoms with van der Waals surface area (Å²) in [6, 6.07) is 0.